The van der Waals surface area contributed by atoms with Crippen molar-refractivity contribution in [1.82, 2.24) is 24.6 Å². The molecule has 41 heavy (non-hydrogen) atoms. The van der Waals surface area contributed by atoms with Crippen LogP contribution in [0.25, 0.3) is 22.3 Å². The van der Waals surface area contributed by atoms with E-state index >= 15 is 0 Å². The molecule has 2 aromatic heterocycles. The fourth-order valence-electron chi connectivity index (χ4n) is 5.31. The maximum Gasteiger partial charge on any atom is 0.229 e. The van der Waals surface area contributed by atoms with Gasteiger partial charge in [0.15, 0.2) is 11.9 Å². The normalized spacial score (nSPS) is 17.9. The lowest BCUT2D eigenvalue weighted by Crippen LogP contribution is -2.44. The standard InChI is InChI=1S/C31H36N8O2/c1-22(21-40)19-32-25-7-5-6-23(18-25)29-27-20-33-39(28-8-3-4-17-41-28)30(27)36-31(35-29)34-24-9-11-26(12-10-24)38-15-13-37(2)14-16-38/h5-7,9-12,18,20-21,28,32H,1,3-4,8,13-17,19H2,2H3,(H,34,35,36). The summed E-state index contributed by atoms with van der Waals surface area (Å²) in [4.78, 5) is 25.7. The molecule has 0 bridgehead atoms. The number of anilines is 4. The summed E-state index contributed by atoms with van der Waals surface area (Å²) < 4.78 is 7.95. The molecule has 0 radical (unpaired) electrons. The van der Waals surface area contributed by atoms with Gasteiger partial charge in [-0.25, -0.2) is 9.67 Å². The summed E-state index contributed by atoms with van der Waals surface area (Å²) in [5, 5.41) is 12.2. The number of ether oxygens (including phenoxy) is 1. The van der Waals surface area contributed by atoms with Gasteiger partial charge in [0.05, 0.1) is 17.3 Å². The minimum absolute atomic E-state index is 0.151. The predicted octanol–water partition coefficient (Wildman–Crippen LogP) is 4.85. The average molecular weight is 553 g/mol. The van der Waals surface area contributed by atoms with Crippen molar-refractivity contribution in [3.8, 4) is 11.3 Å². The maximum atomic E-state index is 11.0. The molecular formula is C31H36N8O2. The van der Waals surface area contributed by atoms with E-state index in [0.29, 0.717) is 24.7 Å². The van der Waals surface area contributed by atoms with Crippen LogP contribution in [0.5, 0.6) is 0 Å². The molecule has 4 heterocycles. The third-order valence-electron chi connectivity index (χ3n) is 7.70. The van der Waals surface area contributed by atoms with Crippen molar-refractivity contribution in [3.63, 3.8) is 0 Å². The number of likely N-dealkylation sites (N-methyl/N-ethyl adjacent to an activating group) is 1. The van der Waals surface area contributed by atoms with Crippen molar-refractivity contribution in [2.75, 3.05) is 61.9 Å². The van der Waals surface area contributed by atoms with Gasteiger partial charge >= 0.3 is 0 Å². The van der Waals surface area contributed by atoms with Crippen LogP contribution in [0.15, 0.2) is 66.9 Å². The molecular weight excluding hydrogens is 516 g/mol. The van der Waals surface area contributed by atoms with Crippen LogP contribution in [0.2, 0.25) is 0 Å². The van der Waals surface area contributed by atoms with E-state index in [0.717, 1.165) is 85.4 Å². The maximum absolute atomic E-state index is 11.0. The van der Waals surface area contributed by atoms with Crippen molar-refractivity contribution >= 4 is 40.3 Å². The Bertz CT molecular complexity index is 1520. The summed E-state index contributed by atoms with van der Waals surface area (Å²) >= 11 is 0. The highest BCUT2D eigenvalue weighted by Crippen LogP contribution is 2.33. The fourth-order valence-corrected chi connectivity index (χ4v) is 5.31. The lowest BCUT2D eigenvalue weighted by molar-refractivity contribution is -0.104. The number of carbonyl (C=O) groups is 1. The van der Waals surface area contributed by atoms with Gasteiger partial charge in [0.25, 0.3) is 0 Å². The summed E-state index contributed by atoms with van der Waals surface area (Å²) in [7, 11) is 2.17. The lowest BCUT2D eigenvalue weighted by atomic mass is 10.1. The van der Waals surface area contributed by atoms with E-state index in [1.54, 1.807) is 0 Å². The molecule has 0 spiro atoms. The molecule has 2 aliphatic rings. The number of aldehydes is 1. The number of piperazine rings is 1. The number of hydrogen-bond donors (Lipinski definition) is 2. The summed E-state index contributed by atoms with van der Waals surface area (Å²) in [6, 6.07) is 16.4. The molecule has 4 aromatic rings. The molecule has 0 saturated carbocycles. The number of aromatic nitrogens is 4. The molecule has 0 aliphatic carbocycles. The van der Waals surface area contributed by atoms with Crippen molar-refractivity contribution in [1.29, 1.82) is 0 Å². The van der Waals surface area contributed by atoms with Gasteiger partial charge in [-0.15, -0.1) is 0 Å². The zero-order chi connectivity index (χ0) is 28.2. The van der Waals surface area contributed by atoms with Gasteiger partial charge in [-0.3, -0.25) is 4.79 Å². The largest absolute Gasteiger partial charge is 0.381 e. The summed E-state index contributed by atoms with van der Waals surface area (Å²) in [5.41, 5.74) is 5.90. The van der Waals surface area contributed by atoms with Crippen molar-refractivity contribution in [2.45, 2.75) is 25.5 Å². The number of benzene rings is 2. The molecule has 2 N–H and O–H groups in total. The van der Waals surface area contributed by atoms with Crippen LogP contribution in [0.4, 0.5) is 23.0 Å². The second kappa shape index (κ2) is 12.1. The number of rotatable bonds is 9. The first-order valence-electron chi connectivity index (χ1n) is 14.2. The first-order chi connectivity index (χ1) is 20.1. The summed E-state index contributed by atoms with van der Waals surface area (Å²) in [6.07, 6.45) is 5.49. The number of nitrogens with zero attached hydrogens (tertiary/aromatic N) is 6. The van der Waals surface area contributed by atoms with Gasteiger partial charge in [-0.05, 0) is 62.7 Å². The Hall–Kier alpha value is -4.28. The molecule has 10 nitrogen and oxygen atoms in total. The molecule has 0 amide bonds. The Morgan fingerprint density at radius 3 is 2.66 bits per heavy atom. The molecule has 2 aromatic carbocycles. The molecule has 212 valence electrons. The van der Waals surface area contributed by atoms with Gasteiger partial charge in [0.1, 0.15) is 6.29 Å². The molecule has 2 fully saturated rings. The zero-order valence-electron chi connectivity index (χ0n) is 23.4. The van der Waals surface area contributed by atoms with Crippen LogP contribution in [-0.2, 0) is 9.53 Å². The van der Waals surface area contributed by atoms with E-state index in [2.05, 4.69) is 58.3 Å². The van der Waals surface area contributed by atoms with Crippen LogP contribution in [-0.4, -0.2) is 77.3 Å². The molecule has 1 unspecified atom stereocenters. The molecule has 2 aliphatic heterocycles. The number of fused-ring (bicyclic) bond motifs is 1. The Morgan fingerprint density at radius 1 is 1.07 bits per heavy atom. The molecule has 10 heteroatoms. The fraction of sp³-hybridized carbons (Fsp3) is 0.355. The molecule has 2 saturated heterocycles. The predicted molar refractivity (Wildman–Crippen MR) is 163 cm³/mol. The minimum atomic E-state index is -0.151. The topological polar surface area (TPSA) is 100 Å². The van der Waals surface area contributed by atoms with E-state index in [9.17, 15) is 4.79 Å². The van der Waals surface area contributed by atoms with E-state index in [4.69, 9.17) is 19.8 Å². The first-order valence-corrected chi connectivity index (χ1v) is 14.2. The Labute approximate surface area is 240 Å². The van der Waals surface area contributed by atoms with Gasteiger partial charge < -0.3 is 25.2 Å². The highest BCUT2D eigenvalue weighted by molar-refractivity contribution is 5.92. The Balaban J connectivity index is 1.33. The quantitative estimate of drug-likeness (QED) is 0.223. The second-order valence-electron chi connectivity index (χ2n) is 10.7. The van der Waals surface area contributed by atoms with Crippen LogP contribution in [0.1, 0.15) is 25.5 Å². The van der Waals surface area contributed by atoms with Crippen LogP contribution < -0.4 is 15.5 Å². The third-order valence-corrected chi connectivity index (χ3v) is 7.70. The van der Waals surface area contributed by atoms with E-state index in [1.165, 1.54) is 5.69 Å². The van der Waals surface area contributed by atoms with E-state index in [1.807, 2.05) is 35.1 Å². The lowest BCUT2D eigenvalue weighted by Gasteiger charge is -2.34. The summed E-state index contributed by atoms with van der Waals surface area (Å²) in [5.74, 6) is 0.491. The van der Waals surface area contributed by atoms with Crippen molar-refractivity contribution < 1.29 is 9.53 Å². The first kappa shape index (κ1) is 26.9. The van der Waals surface area contributed by atoms with Gasteiger partial charge in [0, 0.05) is 67.5 Å². The Kier molecular flexibility index (Phi) is 7.93. The zero-order valence-corrected chi connectivity index (χ0v) is 23.4. The van der Waals surface area contributed by atoms with Crippen molar-refractivity contribution in [3.05, 3.63) is 66.9 Å². The van der Waals surface area contributed by atoms with Gasteiger partial charge in [0.2, 0.25) is 5.95 Å². The minimum Gasteiger partial charge on any atom is -0.381 e. The van der Waals surface area contributed by atoms with Crippen molar-refractivity contribution in [2.24, 2.45) is 0 Å². The number of carbonyl (C=O) groups excluding carboxylic acids is 1. The van der Waals surface area contributed by atoms with Crippen LogP contribution >= 0.6 is 0 Å². The monoisotopic (exact) mass is 552 g/mol. The van der Waals surface area contributed by atoms with E-state index in [-0.39, 0.29) is 6.23 Å². The molecule has 1 atom stereocenters. The smallest absolute Gasteiger partial charge is 0.229 e. The summed E-state index contributed by atoms with van der Waals surface area (Å²) in [6.45, 7) is 9.03. The highest BCUT2D eigenvalue weighted by atomic mass is 16.5. The SMILES string of the molecule is C=C(C=O)CNc1cccc(-c2nc(Nc3ccc(N4CCN(C)CC4)cc3)nc3c2cnn3C2CCCCO2)c1. The van der Waals surface area contributed by atoms with Gasteiger partial charge in [-0.2, -0.15) is 10.1 Å². The molecule has 6 rings (SSSR count). The second-order valence-corrected chi connectivity index (χ2v) is 10.7. The average Bonchev–Trinajstić information content (AvgIpc) is 3.45. The number of hydrogen-bond acceptors (Lipinski definition) is 9. The number of nitrogens with one attached hydrogen (secondary N) is 2. The highest BCUT2D eigenvalue weighted by Gasteiger charge is 2.22. The van der Waals surface area contributed by atoms with E-state index < -0.39 is 0 Å². The Morgan fingerprint density at radius 2 is 1.90 bits per heavy atom. The third kappa shape index (κ3) is 6.08. The van der Waals surface area contributed by atoms with Crippen LogP contribution in [0.3, 0.4) is 0 Å². The van der Waals surface area contributed by atoms with Gasteiger partial charge in [-0.1, -0.05) is 18.7 Å². The van der Waals surface area contributed by atoms with Crippen LogP contribution in [0, 0.1) is 0 Å².